The second-order valence-corrected chi connectivity index (χ2v) is 8.59. The summed E-state index contributed by atoms with van der Waals surface area (Å²) < 4.78 is 5.09. The van der Waals surface area contributed by atoms with Crippen molar-refractivity contribution in [3.63, 3.8) is 0 Å². The highest BCUT2D eigenvalue weighted by Crippen LogP contribution is 2.26. The van der Waals surface area contributed by atoms with Gasteiger partial charge in [0.05, 0.1) is 5.52 Å². The Morgan fingerprint density at radius 1 is 1.09 bits per heavy atom. The first-order valence-electron chi connectivity index (χ1n) is 10.7. The molecule has 2 heterocycles. The molecule has 3 N–H and O–H groups in total. The van der Waals surface area contributed by atoms with E-state index >= 15 is 0 Å². The van der Waals surface area contributed by atoms with E-state index in [1.165, 1.54) is 18.7 Å². The lowest BCUT2D eigenvalue weighted by molar-refractivity contribution is -0.148. The molecule has 8 heteroatoms. The molecule has 0 aliphatic rings. The Hall–Kier alpha value is -3.49. The number of aromatic nitrogens is 2. The number of thioether (sulfide) groups is 1. The van der Waals surface area contributed by atoms with Crippen molar-refractivity contribution in [2.24, 2.45) is 11.7 Å². The lowest BCUT2D eigenvalue weighted by Gasteiger charge is -2.16. The average Bonchev–Trinajstić information content (AvgIpc) is 3.25. The van der Waals surface area contributed by atoms with Crippen molar-refractivity contribution in [1.29, 1.82) is 0 Å². The Balaban J connectivity index is 0.000000191. The van der Waals surface area contributed by atoms with Crippen molar-refractivity contribution in [2.45, 2.75) is 19.6 Å². The van der Waals surface area contributed by atoms with Crippen molar-refractivity contribution in [3.05, 3.63) is 78.1 Å². The molecular weight excluding hydrogens is 450 g/mol. The van der Waals surface area contributed by atoms with Gasteiger partial charge in [0.2, 0.25) is 0 Å². The van der Waals surface area contributed by atoms with Gasteiger partial charge < -0.3 is 20.2 Å². The van der Waals surface area contributed by atoms with Crippen LogP contribution in [0.1, 0.15) is 23.0 Å². The smallest absolute Gasteiger partial charge is 0.324 e. The molecular formula is C26H27N3O4S. The van der Waals surface area contributed by atoms with Gasteiger partial charge in [0.1, 0.15) is 24.6 Å². The van der Waals surface area contributed by atoms with E-state index in [0.29, 0.717) is 17.7 Å². The highest BCUT2D eigenvalue weighted by Gasteiger charge is 2.25. The molecule has 2 aromatic heterocycles. The largest absolute Gasteiger partial charge is 0.460 e. The average molecular weight is 478 g/mol. The maximum atomic E-state index is 11.7. The molecule has 0 amide bonds. The lowest BCUT2D eigenvalue weighted by atomic mass is 10.1. The maximum absolute atomic E-state index is 11.7. The molecule has 0 radical (unpaired) electrons. The molecule has 0 spiro atoms. The number of esters is 1. The number of aldehydes is 1. The van der Waals surface area contributed by atoms with E-state index in [1.807, 2.05) is 66.9 Å². The number of nitrogens with one attached hydrogen (secondary N) is 1. The number of H-pyrrole nitrogens is 1. The molecule has 0 fully saturated rings. The second-order valence-electron chi connectivity index (χ2n) is 7.68. The van der Waals surface area contributed by atoms with E-state index in [2.05, 4.69) is 9.97 Å². The zero-order valence-corrected chi connectivity index (χ0v) is 19.9. The lowest BCUT2D eigenvalue weighted by Crippen LogP contribution is -2.41. The molecule has 4 aromatic rings. The van der Waals surface area contributed by atoms with Gasteiger partial charge in [0, 0.05) is 41.1 Å². The minimum absolute atomic E-state index is 0.0165. The molecule has 176 valence electrons. The minimum atomic E-state index is -0.890. The third-order valence-electron chi connectivity index (χ3n) is 5.25. The van der Waals surface area contributed by atoms with Gasteiger partial charge in [-0.3, -0.25) is 14.6 Å². The number of hydrogen-bond acceptors (Lipinski definition) is 7. The number of carbonyl (C=O) groups excluding carboxylic acids is 3. The highest BCUT2D eigenvalue weighted by molar-refractivity contribution is 7.98. The van der Waals surface area contributed by atoms with Crippen LogP contribution in [0.25, 0.3) is 21.8 Å². The molecule has 34 heavy (non-hydrogen) atoms. The first-order chi connectivity index (χ1) is 16.5. The number of pyridine rings is 1. The fourth-order valence-corrected chi connectivity index (χ4v) is 4.13. The molecule has 0 aliphatic carbocycles. The number of nitrogens with two attached hydrogens (primary N) is 1. The molecule has 0 aliphatic heterocycles. The number of carbonyl (C=O) groups is 3. The van der Waals surface area contributed by atoms with Crippen LogP contribution in [0.3, 0.4) is 0 Å². The molecule has 2 aromatic carbocycles. The zero-order chi connectivity index (χ0) is 24.5. The first kappa shape index (κ1) is 25.1. The minimum Gasteiger partial charge on any atom is -0.460 e. The molecule has 7 nitrogen and oxygen atoms in total. The third-order valence-corrected chi connectivity index (χ3v) is 5.97. The second kappa shape index (κ2) is 12.1. The summed E-state index contributed by atoms with van der Waals surface area (Å²) in [6.07, 6.45) is 4.25. The molecule has 0 bridgehead atoms. The summed E-state index contributed by atoms with van der Waals surface area (Å²) in [6.45, 7) is 1.71. The summed E-state index contributed by atoms with van der Waals surface area (Å²) in [6, 6.07) is 18.4. The van der Waals surface area contributed by atoms with Gasteiger partial charge in [0.25, 0.3) is 0 Å². The van der Waals surface area contributed by atoms with Crippen LogP contribution in [0.4, 0.5) is 0 Å². The number of ketones is 1. The Morgan fingerprint density at radius 3 is 2.47 bits per heavy atom. The van der Waals surface area contributed by atoms with E-state index in [-0.39, 0.29) is 12.4 Å². The van der Waals surface area contributed by atoms with Gasteiger partial charge in [-0.15, -0.1) is 0 Å². The molecule has 0 saturated heterocycles. The summed E-state index contributed by atoms with van der Waals surface area (Å²) in [5.74, 6) is -0.532. The number of ether oxygens (including phenoxy) is 1. The summed E-state index contributed by atoms with van der Waals surface area (Å²) in [5.41, 5.74) is 8.97. The van der Waals surface area contributed by atoms with Gasteiger partial charge >= 0.3 is 5.97 Å². The molecule has 0 saturated carbocycles. The normalized spacial score (nSPS) is 12.4. The number of nitrogens with zero attached hydrogens (tertiary/aromatic N) is 1. The van der Waals surface area contributed by atoms with E-state index in [0.717, 1.165) is 27.4 Å². The summed E-state index contributed by atoms with van der Waals surface area (Å²) in [4.78, 5) is 41.3. The van der Waals surface area contributed by atoms with E-state index in [9.17, 15) is 14.4 Å². The van der Waals surface area contributed by atoms with Crippen LogP contribution in [-0.2, 0) is 20.9 Å². The van der Waals surface area contributed by atoms with E-state index < -0.39 is 17.9 Å². The fourth-order valence-electron chi connectivity index (χ4n) is 3.46. The number of para-hydroxylation sites is 1. The van der Waals surface area contributed by atoms with Crippen molar-refractivity contribution >= 4 is 51.6 Å². The van der Waals surface area contributed by atoms with E-state index in [4.69, 9.17) is 10.5 Å². The Kier molecular flexibility index (Phi) is 8.95. The number of Topliss-reactive ketones (excluding diaryl/α,β-unsaturated/α-hetero) is 1. The van der Waals surface area contributed by atoms with Crippen LogP contribution >= 0.6 is 11.8 Å². The number of benzene rings is 2. The van der Waals surface area contributed by atoms with Gasteiger partial charge in [-0.25, -0.2) is 0 Å². The van der Waals surface area contributed by atoms with Gasteiger partial charge in [-0.1, -0.05) is 48.5 Å². The van der Waals surface area contributed by atoms with Crippen molar-refractivity contribution < 1.29 is 19.1 Å². The van der Waals surface area contributed by atoms with Crippen LogP contribution < -0.4 is 5.73 Å². The summed E-state index contributed by atoms with van der Waals surface area (Å²) in [7, 11) is 0. The third kappa shape index (κ3) is 6.09. The van der Waals surface area contributed by atoms with Crippen molar-refractivity contribution in [3.8, 4) is 0 Å². The Labute approximate surface area is 202 Å². The SMILES string of the molecule is CC(=O)c1nccc2c1[nH]c1ccccc12.CSCC(C=O)C(N)C(=O)OCc1ccccc1. The zero-order valence-electron chi connectivity index (χ0n) is 19.1. The van der Waals surface area contributed by atoms with E-state index in [1.54, 1.807) is 6.20 Å². The quantitative estimate of drug-likeness (QED) is 0.222. The Bertz CT molecular complexity index is 1270. The molecule has 4 rings (SSSR count). The van der Waals surface area contributed by atoms with Crippen molar-refractivity contribution in [2.75, 3.05) is 12.0 Å². The van der Waals surface area contributed by atoms with Gasteiger partial charge in [0.15, 0.2) is 5.78 Å². The van der Waals surface area contributed by atoms with Crippen molar-refractivity contribution in [1.82, 2.24) is 9.97 Å². The number of hydrogen-bond donors (Lipinski definition) is 2. The van der Waals surface area contributed by atoms with Crippen LogP contribution in [0, 0.1) is 5.92 Å². The monoisotopic (exact) mass is 477 g/mol. The fraction of sp³-hybridized carbons (Fsp3) is 0.231. The number of fused-ring (bicyclic) bond motifs is 3. The predicted octanol–water partition coefficient (Wildman–Crippen LogP) is 4.15. The predicted molar refractivity (Wildman–Crippen MR) is 136 cm³/mol. The highest BCUT2D eigenvalue weighted by atomic mass is 32.2. The van der Waals surface area contributed by atoms with Gasteiger partial charge in [-0.05, 0) is 24.0 Å². The molecule has 2 unspecified atom stereocenters. The number of rotatable bonds is 8. The van der Waals surface area contributed by atoms with Crippen LogP contribution in [-0.4, -0.2) is 46.1 Å². The van der Waals surface area contributed by atoms with Crippen LogP contribution in [0.5, 0.6) is 0 Å². The first-order valence-corrected chi connectivity index (χ1v) is 12.1. The van der Waals surface area contributed by atoms with Crippen LogP contribution in [0.2, 0.25) is 0 Å². The van der Waals surface area contributed by atoms with Crippen LogP contribution in [0.15, 0.2) is 66.9 Å². The topological polar surface area (TPSA) is 115 Å². The van der Waals surface area contributed by atoms with Gasteiger partial charge in [-0.2, -0.15) is 11.8 Å². The molecule has 2 atom stereocenters. The standard InChI is InChI=1S/C13H10N2O.C13H17NO3S/c1-8(16)12-13-10(6-7-14-12)9-4-2-3-5-11(9)15-13;1-18-9-11(7-15)12(14)13(16)17-8-10-5-3-2-4-6-10/h2-7,15H,1H3;2-7,11-12H,8-9,14H2,1H3. The Morgan fingerprint density at radius 2 is 1.79 bits per heavy atom. The number of aromatic amines is 1. The maximum Gasteiger partial charge on any atom is 0.324 e. The summed E-state index contributed by atoms with van der Waals surface area (Å²) >= 11 is 1.48. The summed E-state index contributed by atoms with van der Waals surface area (Å²) in [5, 5.41) is 2.18.